The number of nitrogens with one attached hydrogen (secondary N) is 2. The summed E-state index contributed by atoms with van der Waals surface area (Å²) in [5.41, 5.74) is 2.38. The van der Waals surface area contributed by atoms with Gasteiger partial charge in [-0.15, -0.1) is 0 Å². The van der Waals surface area contributed by atoms with E-state index in [9.17, 15) is 4.79 Å². The molecule has 15 heavy (non-hydrogen) atoms. The third-order valence-corrected chi connectivity index (χ3v) is 2.69. The molecule has 1 aliphatic heterocycles. The third kappa shape index (κ3) is 2.57. The van der Waals surface area contributed by atoms with Gasteiger partial charge >= 0.3 is 0 Å². The van der Waals surface area contributed by atoms with E-state index in [4.69, 9.17) is 0 Å². The van der Waals surface area contributed by atoms with Crippen LogP contribution in [0.2, 0.25) is 0 Å². The van der Waals surface area contributed by atoms with E-state index in [0.717, 1.165) is 18.5 Å². The molecule has 2 rings (SSSR count). The van der Waals surface area contributed by atoms with E-state index in [1.54, 1.807) is 0 Å². The summed E-state index contributed by atoms with van der Waals surface area (Å²) < 4.78 is 0. The van der Waals surface area contributed by atoms with Gasteiger partial charge < -0.3 is 10.6 Å². The standard InChI is InChI=1S/C12H16N2O/c1-9-3-2-4-10(7-9)8-14-12(15)11-5-6-13-11/h2-4,7,11,13H,5-6,8H2,1H3,(H,14,15)/t11-/m1/s1. The first-order valence-corrected chi connectivity index (χ1v) is 5.32. The molecule has 1 atom stereocenters. The second-order valence-electron chi connectivity index (χ2n) is 4.00. The van der Waals surface area contributed by atoms with E-state index in [0.29, 0.717) is 6.54 Å². The van der Waals surface area contributed by atoms with Crippen molar-refractivity contribution >= 4 is 5.91 Å². The van der Waals surface area contributed by atoms with Crippen molar-refractivity contribution in [2.75, 3.05) is 6.54 Å². The van der Waals surface area contributed by atoms with E-state index in [2.05, 4.69) is 29.7 Å². The van der Waals surface area contributed by atoms with Crippen LogP contribution in [0.25, 0.3) is 0 Å². The molecule has 0 spiro atoms. The fourth-order valence-electron chi connectivity index (χ4n) is 1.65. The number of benzene rings is 1. The van der Waals surface area contributed by atoms with Gasteiger partial charge in [-0.3, -0.25) is 4.79 Å². The summed E-state index contributed by atoms with van der Waals surface area (Å²) in [7, 11) is 0. The highest BCUT2D eigenvalue weighted by Crippen LogP contribution is 2.05. The van der Waals surface area contributed by atoms with Gasteiger partial charge in [-0.1, -0.05) is 29.8 Å². The summed E-state index contributed by atoms with van der Waals surface area (Å²) >= 11 is 0. The van der Waals surface area contributed by atoms with Crippen LogP contribution in [-0.2, 0) is 11.3 Å². The first kappa shape index (κ1) is 10.2. The fourth-order valence-corrected chi connectivity index (χ4v) is 1.65. The van der Waals surface area contributed by atoms with Crippen LogP contribution in [0.4, 0.5) is 0 Å². The Morgan fingerprint density at radius 1 is 1.60 bits per heavy atom. The molecule has 1 aromatic rings. The number of aryl methyl sites for hydroxylation is 1. The molecule has 1 aliphatic rings. The predicted octanol–water partition coefficient (Wildman–Crippen LogP) is 0.973. The number of carbonyl (C=O) groups is 1. The molecular formula is C12H16N2O. The molecule has 0 aliphatic carbocycles. The Hall–Kier alpha value is -1.35. The smallest absolute Gasteiger partial charge is 0.237 e. The number of rotatable bonds is 3. The molecule has 3 nitrogen and oxygen atoms in total. The Balaban J connectivity index is 1.84. The highest BCUT2D eigenvalue weighted by molar-refractivity contribution is 5.82. The molecule has 1 amide bonds. The molecule has 0 saturated carbocycles. The average Bonchev–Trinajstić information content (AvgIpc) is 2.12. The molecule has 0 aromatic heterocycles. The van der Waals surface area contributed by atoms with Crippen LogP contribution in [0, 0.1) is 6.92 Å². The average molecular weight is 204 g/mol. The van der Waals surface area contributed by atoms with Crippen molar-refractivity contribution in [3.63, 3.8) is 0 Å². The predicted molar refractivity (Wildman–Crippen MR) is 59.4 cm³/mol. The van der Waals surface area contributed by atoms with Crippen molar-refractivity contribution in [2.24, 2.45) is 0 Å². The molecule has 1 aromatic carbocycles. The normalized spacial score (nSPS) is 19.4. The lowest BCUT2D eigenvalue weighted by Crippen LogP contribution is -2.52. The van der Waals surface area contributed by atoms with E-state index < -0.39 is 0 Å². The van der Waals surface area contributed by atoms with E-state index >= 15 is 0 Å². The van der Waals surface area contributed by atoms with E-state index in [1.807, 2.05) is 12.1 Å². The van der Waals surface area contributed by atoms with Crippen LogP contribution in [0.1, 0.15) is 17.5 Å². The summed E-state index contributed by atoms with van der Waals surface area (Å²) in [6.45, 7) is 3.64. The lowest BCUT2D eigenvalue weighted by molar-refractivity contribution is -0.124. The minimum absolute atomic E-state index is 0.0369. The van der Waals surface area contributed by atoms with Gasteiger partial charge in [0, 0.05) is 6.54 Å². The lowest BCUT2D eigenvalue weighted by Gasteiger charge is -2.26. The minimum atomic E-state index is 0.0369. The maximum Gasteiger partial charge on any atom is 0.237 e. The minimum Gasteiger partial charge on any atom is -0.351 e. The van der Waals surface area contributed by atoms with Crippen molar-refractivity contribution in [1.29, 1.82) is 0 Å². The van der Waals surface area contributed by atoms with Gasteiger partial charge in [0.1, 0.15) is 0 Å². The zero-order valence-corrected chi connectivity index (χ0v) is 8.92. The monoisotopic (exact) mass is 204 g/mol. The maximum atomic E-state index is 11.5. The van der Waals surface area contributed by atoms with Gasteiger partial charge in [0.05, 0.1) is 6.04 Å². The van der Waals surface area contributed by atoms with Gasteiger partial charge in [0.2, 0.25) is 5.91 Å². The molecule has 0 unspecified atom stereocenters. The Morgan fingerprint density at radius 3 is 3.00 bits per heavy atom. The summed E-state index contributed by atoms with van der Waals surface area (Å²) in [6, 6.07) is 8.22. The summed E-state index contributed by atoms with van der Waals surface area (Å²) in [5.74, 6) is 0.114. The van der Waals surface area contributed by atoms with Gasteiger partial charge in [-0.25, -0.2) is 0 Å². The fraction of sp³-hybridized carbons (Fsp3) is 0.417. The zero-order chi connectivity index (χ0) is 10.7. The first-order valence-electron chi connectivity index (χ1n) is 5.32. The molecular weight excluding hydrogens is 188 g/mol. The third-order valence-electron chi connectivity index (χ3n) is 2.69. The molecule has 1 fully saturated rings. The highest BCUT2D eigenvalue weighted by atomic mass is 16.2. The molecule has 2 N–H and O–H groups in total. The quantitative estimate of drug-likeness (QED) is 0.770. The van der Waals surface area contributed by atoms with Crippen LogP contribution in [0.5, 0.6) is 0 Å². The van der Waals surface area contributed by atoms with Crippen molar-refractivity contribution in [2.45, 2.75) is 25.9 Å². The van der Waals surface area contributed by atoms with Crippen LogP contribution >= 0.6 is 0 Å². The van der Waals surface area contributed by atoms with Gasteiger partial charge in [-0.2, -0.15) is 0 Å². The van der Waals surface area contributed by atoms with Crippen LogP contribution in [0.15, 0.2) is 24.3 Å². The first-order chi connectivity index (χ1) is 7.25. The maximum absolute atomic E-state index is 11.5. The van der Waals surface area contributed by atoms with E-state index in [1.165, 1.54) is 5.56 Å². The summed E-state index contributed by atoms with van der Waals surface area (Å²) in [6.07, 6.45) is 0.958. The number of amides is 1. The molecule has 0 bridgehead atoms. The summed E-state index contributed by atoms with van der Waals surface area (Å²) in [4.78, 5) is 11.5. The highest BCUT2D eigenvalue weighted by Gasteiger charge is 2.23. The Kier molecular flexibility index (Phi) is 3.02. The van der Waals surface area contributed by atoms with Crippen molar-refractivity contribution < 1.29 is 4.79 Å². The second kappa shape index (κ2) is 4.45. The largest absolute Gasteiger partial charge is 0.351 e. The Bertz CT molecular complexity index is 358. The number of carbonyl (C=O) groups excluding carboxylic acids is 1. The molecule has 80 valence electrons. The number of hydrogen-bond acceptors (Lipinski definition) is 2. The van der Waals surface area contributed by atoms with Crippen molar-refractivity contribution in [3.05, 3.63) is 35.4 Å². The summed E-state index contributed by atoms with van der Waals surface area (Å²) in [5, 5.41) is 6.01. The lowest BCUT2D eigenvalue weighted by atomic mass is 10.1. The molecule has 3 heteroatoms. The Morgan fingerprint density at radius 2 is 2.40 bits per heavy atom. The van der Waals surface area contributed by atoms with E-state index in [-0.39, 0.29) is 11.9 Å². The van der Waals surface area contributed by atoms with Crippen molar-refractivity contribution in [3.8, 4) is 0 Å². The van der Waals surface area contributed by atoms with Crippen molar-refractivity contribution in [1.82, 2.24) is 10.6 Å². The topological polar surface area (TPSA) is 41.1 Å². The SMILES string of the molecule is Cc1cccc(CNC(=O)[C@H]2CCN2)c1. The molecule has 0 radical (unpaired) electrons. The molecule has 1 saturated heterocycles. The second-order valence-corrected chi connectivity index (χ2v) is 4.00. The van der Waals surface area contributed by atoms with Gasteiger partial charge in [0.25, 0.3) is 0 Å². The number of hydrogen-bond donors (Lipinski definition) is 2. The molecule has 1 heterocycles. The zero-order valence-electron chi connectivity index (χ0n) is 8.92. The van der Waals surface area contributed by atoms with Crippen LogP contribution in [-0.4, -0.2) is 18.5 Å². The Labute approximate surface area is 89.9 Å². The van der Waals surface area contributed by atoms with Crippen LogP contribution in [0.3, 0.4) is 0 Å². The van der Waals surface area contributed by atoms with Crippen LogP contribution < -0.4 is 10.6 Å². The van der Waals surface area contributed by atoms with Gasteiger partial charge in [0.15, 0.2) is 0 Å². The van der Waals surface area contributed by atoms with Gasteiger partial charge in [-0.05, 0) is 25.5 Å².